The molecule has 1 heterocycles. The monoisotopic (exact) mass is 293 g/mol. The molecule has 1 aromatic carbocycles. The van der Waals surface area contributed by atoms with Gasteiger partial charge in [0.05, 0.1) is 31.0 Å². The SMILES string of the molecule is CNC(c1ccc(Cl)c(OC)c1)c1cc(OC)ncn1. The highest BCUT2D eigenvalue weighted by Crippen LogP contribution is 2.30. The summed E-state index contributed by atoms with van der Waals surface area (Å²) in [7, 11) is 5.03. The third kappa shape index (κ3) is 3.00. The Morgan fingerprint density at radius 1 is 1.15 bits per heavy atom. The molecule has 1 aromatic heterocycles. The topological polar surface area (TPSA) is 56.3 Å². The van der Waals surface area contributed by atoms with Gasteiger partial charge in [0.25, 0.3) is 0 Å². The highest BCUT2D eigenvalue weighted by molar-refractivity contribution is 6.32. The van der Waals surface area contributed by atoms with E-state index in [1.165, 1.54) is 6.33 Å². The van der Waals surface area contributed by atoms with Gasteiger partial charge in [-0.3, -0.25) is 0 Å². The van der Waals surface area contributed by atoms with Crippen LogP contribution in [0.3, 0.4) is 0 Å². The molecule has 2 rings (SSSR count). The summed E-state index contributed by atoms with van der Waals surface area (Å²) >= 11 is 6.05. The minimum absolute atomic E-state index is 0.0990. The molecule has 0 bridgehead atoms. The third-order valence-electron chi connectivity index (χ3n) is 2.97. The fourth-order valence-corrected chi connectivity index (χ4v) is 2.16. The zero-order chi connectivity index (χ0) is 14.5. The van der Waals surface area contributed by atoms with Gasteiger partial charge in [-0.05, 0) is 24.7 Å². The second kappa shape index (κ2) is 6.54. The van der Waals surface area contributed by atoms with Crippen molar-refractivity contribution in [2.24, 2.45) is 0 Å². The van der Waals surface area contributed by atoms with Crippen LogP contribution >= 0.6 is 11.6 Å². The molecule has 2 aromatic rings. The summed E-state index contributed by atoms with van der Waals surface area (Å²) in [6, 6.07) is 7.32. The van der Waals surface area contributed by atoms with E-state index in [0.29, 0.717) is 16.7 Å². The van der Waals surface area contributed by atoms with Gasteiger partial charge in [-0.2, -0.15) is 0 Å². The summed E-state index contributed by atoms with van der Waals surface area (Å²) in [6.45, 7) is 0. The lowest BCUT2D eigenvalue weighted by molar-refractivity contribution is 0.395. The highest BCUT2D eigenvalue weighted by Gasteiger charge is 2.16. The van der Waals surface area contributed by atoms with E-state index in [9.17, 15) is 0 Å². The largest absolute Gasteiger partial charge is 0.495 e. The van der Waals surface area contributed by atoms with Gasteiger partial charge in [0.15, 0.2) is 0 Å². The maximum atomic E-state index is 6.05. The zero-order valence-electron chi connectivity index (χ0n) is 11.6. The van der Waals surface area contributed by atoms with Crippen molar-refractivity contribution in [1.82, 2.24) is 15.3 Å². The molecule has 0 aliphatic rings. The van der Waals surface area contributed by atoms with E-state index in [-0.39, 0.29) is 6.04 Å². The number of hydrogen-bond donors (Lipinski definition) is 1. The first-order valence-electron chi connectivity index (χ1n) is 6.06. The number of aromatic nitrogens is 2. The number of rotatable bonds is 5. The van der Waals surface area contributed by atoms with Gasteiger partial charge >= 0.3 is 0 Å². The van der Waals surface area contributed by atoms with Crippen molar-refractivity contribution < 1.29 is 9.47 Å². The van der Waals surface area contributed by atoms with Crippen molar-refractivity contribution >= 4 is 11.6 Å². The van der Waals surface area contributed by atoms with Crippen LogP contribution in [0.4, 0.5) is 0 Å². The summed E-state index contributed by atoms with van der Waals surface area (Å²) in [5.74, 6) is 1.15. The van der Waals surface area contributed by atoms with Crippen molar-refractivity contribution in [3.63, 3.8) is 0 Å². The standard InChI is InChI=1S/C14H16ClN3O2/c1-16-14(11-7-13(20-3)18-8-17-11)9-4-5-10(15)12(6-9)19-2/h4-8,14,16H,1-3H3. The normalized spacial score (nSPS) is 12.0. The van der Waals surface area contributed by atoms with E-state index in [1.54, 1.807) is 26.4 Å². The molecule has 0 radical (unpaired) electrons. The summed E-state index contributed by atoms with van der Waals surface area (Å²) in [6.07, 6.45) is 1.48. The Morgan fingerprint density at radius 2 is 1.95 bits per heavy atom. The van der Waals surface area contributed by atoms with Crippen LogP contribution in [0, 0.1) is 0 Å². The molecule has 0 fully saturated rings. The van der Waals surface area contributed by atoms with E-state index in [2.05, 4.69) is 15.3 Å². The van der Waals surface area contributed by atoms with Crippen molar-refractivity contribution in [3.05, 3.63) is 46.9 Å². The molecule has 0 aliphatic heterocycles. The average Bonchev–Trinajstić information content (AvgIpc) is 2.50. The second-order valence-corrected chi connectivity index (χ2v) is 4.51. The smallest absolute Gasteiger partial charge is 0.216 e. The van der Waals surface area contributed by atoms with Gasteiger partial charge < -0.3 is 14.8 Å². The molecule has 0 amide bonds. The highest BCUT2D eigenvalue weighted by atomic mass is 35.5. The van der Waals surface area contributed by atoms with Crippen LogP contribution in [-0.4, -0.2) is 31.2 Å². The van der Waals surface area contributed by atoms with Crippen LogP contribution in [0.25, 0.3) is 0 Å². The Morgan fingerprint density at radius 3 is 2.60 bits per heavy atom. The molecular weight excluding hydrogens is 278 g/mol. The average molecular weight is 294 g/mol. The van der Waals surface area contributed by atoms with Crippen LogP contribution < -0.4 is 14.8 Å². The quantitative estimate of drug-likeness (QED) is 0.918. The molecule has 106 valence electrons. The molecule has 0 spiro atoms. The van der Waals surface area contributed by atoms with Crippen LogP contribution in [0.1, 0.15) is 17.3 Å². The van der Waals surface area contributed by atoms with Crippen LogP contribution in [0.5, 0.6) is 11.6 Å². The molecule has 1 N–H and O–H groups in total. The zero-order valence-corrected chi connectivity index (χ0v) is 12.3. The summed E-state index contributed by atoms with van der Waals surface area (Å²) in [5, 5.41) is 3.79. The van der Waals surface area contributed by atoms with Gasteiger partial charge in [-0.1, -0.05) is 17.7 Å². The first-order chi connectivity index (χ1) is 9.69. The van der Waals surface area contributed by atoms with E-state index in [1.807, 2.05) is 19.2 Å². The van der Waals surface area contributed by atoms with Gasteiger partial charge in [0.1, 0.15) is 12.1 Å². The van der Waals surface area contributed by atoms with Gasteiger partial charge in [0, 0.05) is 6.07 Å². The Balaban J connectivity index is 2.41. The van der Waals surface area contributed by atoms with Crippen molar-refractivity contribution in [2.75, 3.05) is 21.3 Å². The lowest BCUT2D eigenvalue weighted by Gasteiger charge is -2.17. The molecule has 6 heteroatoms. The van der Waals surface area contributed by atoms with Crippen molar-refractivity contribution in [1.29, 1.82) is 0 Å². The fourth-order valence-electron chi connectivity index (χ4n) is 1.96. The second-order valence-electron chi connectivity index (χ2n) is 4.10. The number of ether oxygens (including phenoxy) is 2. The lowest BCUT2D eigenvalue weighted by Crippen LogP contribution is -2.19. The molecule has 20 heavy (non-hydrogen) atoms. The van der Waals surface area contributed by atoms with E-state index in [0.717, 1.165) is 11.3 Å². The van der Waals surface area contributed by atoms with E-state index in [4.69, 9.17) is 21.1 Å². The Kier molecular flexibility index (Phi) is 4.76. The summed E-state index contributed by atoms with van der Waals surface area (Å²) in [5.41, 5.74) is 1.80. The summed E-state index contributed by atoms with van der Waals surface area (Å²) in [4.78, 5) is 8.29. The maximum absolute atomic E-state index is 6.05. The van der Waals surface area contributed by atoms with Gasteiger partial charge in [0.2, 0.25) is 5.88 Å². The molecule has 0 saturated carbocycles. The summed E-state index contributed by atoms with van der Waals surface area (Å²) < 4.78 is 10.4. The van der Waals surface area contributed by atoms with E-state index < -0.39 is 0 Å². The minimum Gasteiger partial charge on any atom is -0.495 e. The predicted octanol–water partition coefficient (Wildman–Crippen LogP) is 2.46. The minimum atomic E-state index is -0.0990. The third-order valence-corrected chi connectivity index (χ3v) is 3.28. The predicted molar refractivity (Wildman–Crippen MR) is 77.5 cm³/mol. The molecule has 0 aliphatic carbocycles. The Bertz CT molecular complexity index is 592. The first-order valence-corrected chi connectivity index (χ1v) is 6.44. The van der Waals surface area contributed by atoms with E-state index >= 15 is 0 Å². The van der Waals surface area contributed by atoms with Crippen molar-refractivity contribution in [2.45, 2.75) is 6.04 Å². The maximum Gasteiger partial charge on any atom is 0.216 e. The molecule has 1 atom stereocenters. The number of benzene rings is 1. The number of hydrogen-bond acceptors (Lipinski definition) is 5. The van der Waals surface area contributed by atoms with Gasteiger partial charge in [-0.25, -0.2) is 9.97 Å². The lowest BCUT2D eigenvalue weighted by atomic mass is 10.0. The fraction of sp³-hybridized carbons (Fsp3) is 0.286. The molecule has 5 nitrogen and oxygen atoms in total. The van der Waals surface area contributed by atoms with Crippen LogP contribution in [-0.2, 0) is 0 Å². The molecule has 0 saturated heterocycles. The van der Waals surface area contributed by atoms with Crippen LogP contribution in [0.2, 0.25) is 5.02 Å². The van der Waals surface area contributed by atoms with Crippen LogP contribution in [0.15, 0.2) is 30.6 Å². The molecular formula is C14H16ClN3O2. The number of methoxy groups -OCH3 is 2. The first kappa shape index (κ1) is 14.6. The Labute approximate surface area is 122 Å². The Hall–Kier alpha value is -1.85. The number of halogens is 1. The van der Waals surface area contributed by atoms with Gasteiger partial charge in [-0.15, -0.1) is 0 Å². The number of nitrogens with one attached hydrogen (secondary N) is 1. The van der Waals surface area contributed by atoms with Crippen molar-refractivity contribution in [3.8, 4) is 11.6 Å². The number of nitrogens with zero attached hydrogens (tertiary/aromatic N) is 2. The molecule has 1 unspecified atom stereocenters.